The van der Waals surface area contributed by atoms with Crippen LogP contribution in [0.1, 0.15) is 19.3 Å². The Bertz CT molecular complexity index is 135. The van der Waals surface area contributed by atoms with Gasteiger partial charge in [-0.2, -0.15) is 0 Å². The molecule has 8 heavy (non-hydrogen) atoms. The Morgan fingerprint density at radius 3 is 2.62 bits per heavy atom. The molecular formula is C6H10N2. The van der Waals surface area contributed by atoms with Gasteiger partial charge in [-0.3, -0.25) is 0 Å². The van der Waals surface area contributed by atoms with Crippen LogP contribution >= 0.6 is 0 Å². The van der Waals surface area contributed by atoms with Crippen molar-refractivity contribution in [1.82, 2.24) is 0 Å². The van der Waals surface area contributed by atoms with Crippen LogP contribution in [0.15, 0.2) is 11.8 Å². The number of nitrogens with two attached hydrogens (primary N) is 1. The van der Waals surface area contributed by atoms with E-state index in [0.29, 0.717) is 5.71 Å². The molecule has 1 rings (SSSR count). The third kappa shape index (κ3) is 1.09. The summed E-state index contributed by atoms with van der Waals surface area (Å²) in [6.07, 6.45) is 4.69. The van der Waals surface area contributed by atoms with E-state index in [4.69, 9.17) is 11.1 Å². The second-order valence-electron chi connectivity index (χ2n) is 2.10. The minimum atomic E-state index is 0.675. The summed E-state index contributed by atoms with van der Waals surface area (Å²) in [5.41, 5.74) is 6.98. The molecule has 0 bridgehead atoms. The molecule has 0 aromatic carbocycles. The SMILES string of the molecule is N=C1C=C(N)CCC1. The summed E-state index contributed by atoms with van der Waals surface area (Å²) in [4.78, 5) is 0. The van der Waals surface area contributed by atoms with Gasteiger partial charge in [-0.1, -0.05) is 0 Å². The van der Waals surface area contributed by atoms with Gasteiger partial charge in [0.25, 0.3) is 0 Å². The molecule has 1 aliphatic carbocycles. The van der Waals surface area contributed by atoms with Gasteiger partial charge in [0, 0.05) is 11.4 Å². The van der Waals surface area contributed by atoms with Gasteiger partial charge in [0.2, 0.25) is 0 Å². The highest BCUT2D eigenvalue weighted by molar-refractivity contribution is 5.93. The van der Waals surface area contributed by atoms with Crippen LogP contribution in [-0.4, -0.2) is 5.71 Å². The lowest BCUT2D eigenvalue weighted by atomic mass is 10.0. The van der Waals surface area contributed by atoms with Crippen molar-refractivity contribution in [2.45, 2.75) is 19.3 Å². The summed E-state index contributed by atoms with van der Waals surface area (Å²) in [7, 11) is 0. The highest BCUT2D eigenvalue weighted by atomic mass is 14.6. The van der Waals surface area contributed by atoms with E-state index >= 15 is 0 Å². The molecule has 0 atom stereocenters. The zero-order valence-electron chi connectivity index (χ0n) is 4.78. The van der Waals surface area contributed by atoms with Gasteiger partial charge in [0.1, 0.15) is 0 Å². The summed E-state index contributed by atoms with van der Waals surface area (Å²) in [6, 6.07) is 0. The molecule has 0 fully saturated rings. The third-order valence-corrected chi connectivity index (χ3v) is 1.27. The first-order chi connectivity index (χ1) is 3.79. The average Bonchev–Trinajstić information content (AvgIpc) is 1.64. The van der Waals surface area contributed by atoms with Crippen LogP contribution in [0.4, 0.5) is 0 Å². The predicted molar refractivity (Wildman–Crippen MR) is 33.8 cm³/mol. The minimum Gasteiger partial charge on any atom is -0.402 e. The van der Waals surface area contributed by atoms with E-state index in [2.05, 4.69) is 0 Å². The molecule has 0 spiro atoms. The van der Waals surface area contributed by atoms with Crippen molar-refractivity contribution in [1.29, 1.82) is 5.41 Å². The van der Waals surface area contributed by atoms with E-state index < -0.39 is 0 Å². The Morgan fingerprint density at radius 2 is 2.25 bits per heavy atom. The van der Waals surface area contributed by atoms with Crippen molar-refractivity contribution in [3.8, 4) is 0 Å². The van der Waals surface area contributed by atoms with Crippen molar-refractivity contribution in [3.05, 3.63) is 11.8 Å². The molecule has 0 heterocycles. The highest BCUT2D eigenvalue weighted by Crippen LogP contribution is 2.09. The Labute approximate surface area is 48.9 Å². The molecule has 2 nitrogen and oxygen atoms in total. The zero-order valence-corrected chi connectivity index (χ0v) is 4.78. The summed E-state index contributed by atoms with van der Waals surface area (Å²) < 4.78 is 0. The predicted octanol–water partition coefficient (Wildman–Crippen LogP) is 1.03. The Hall–Kier alpha value is -0.790. The molecular weight excluding hydrogens is 100 g/mol. The van der Waals surface area contributed by atoms with E-state index in [0.717, 1.165) is 25.0 Å². The average molecular weight is 110 g/mol. The van der Waals surface area contributed by atoms with Crippen molar-refractivity contribution in [2.24, 2.45) is 5.73 Å². The van der Waals surface area contributed by atoms with Crippen LogP contribution in [0.5, 0.6) is 0 Å². The molecule has 0 aromatic rings. The Kier molecular flexibility index (Phi) is 1.33. The van der Waals surface area contributed by atoms with Crippen molar-refractivity contribution in [2.75, 3.05) is 0 Å². The van der Waals surface area contributed by atoms with Crippen molar-refractivity contribution >= 4 is 5.71 Å². The van der Waals surface area contributed by atoms with E-state index in [1.54, 1.807) is 6.08 Å². The van der Waals surface area contributed by atoms with Crippen LogP contribution in [0.25, 0.3) is 0 Å². The van der Waals surface area contributed by atoms with Crippen molar-refractivity contribution in [3.63, 3.8) is 0 Å². The van der Waals surface area contributed by atoms with E-state index in [1.165, 1.54) is 0 Å². The monoisotopic (exact) mass is 110 g/mol. The maximum absolute atomic E-state index is 7.16. The molecule has 0 aromatic heterocycles. The summed E-state index contributed by atoms with van der Waals surface area (Å²) in [5, 5.41) is 7.16. The molecule has 3 N–H and O–H groups in total. The normalized spacial score (nSPS) is 20.5. The van der Waals surface area contributed by atoms with Gasteiger partial charge in [-0.25, -0.2) is 0 Å². The summed E-state index contributed by atoms with van der Waals surface area (Å²) in [6.45, 7) is 0. The molecule has 0 amide bonds. The molecule has 44 valence electrons. The molecule has 2 heteroatoms. The second kappa shape index (κ2) is 1.99. The van der Waals surface area contributed by atoms with Gasteiger partial charge in [-0.05, 0) is 25.3 Å². The quantitative estimate of drug-likeness (QED) is 0.480. The molecule has 0 unspecified atom stereocenters. The van der Waals surface area contributed by atoms with E-state index in [9.17, 15) is 0 Å². The molecule has 1 aliphatic rings. The van der Waals surface area contributed by atoms with Gasteiger partial charge in [-0.15, -0.1) is 0 Å². The maximum Gasteiger partial charge on any atom is 0.0331 e. The van der Waals surface area contributed by atoms with E-state index in [1.807, 2.05) is 0 Å². The van der Waals surface area contributed by atoms with Crippen molar-refractivity contribution < 1.29 is 0 Å². The third-order valence-electron chi connectivity index (χ3n) is 1.27. The summed E-state index contributed by atoms with van der Waals surface area (Å²) in [5.74, 6) is 0. The fourth-order valence-electron chi connectivity index (χ4n) is 0.851. The lowest BCUT2D eigenvalue weighted by Gasteiger charge is -2.07. The smallest absolute Gasteiger partial charge is 0.0331 e. The molecule has 0 aliphatic heterocycles. The fraction of sp³-hybridized carbons (Fsp3) is 0.500. The minimum absolute atomic E-state index is 0.675. The maximum atomic E-state index is 7.16. The van der Waals surface area contributed by atoms with E-state index in [-0.39, 0.29) is 0 Å². The first-order valence-corrected chi connectivity index (χ1v) is 2.82. The first kappa shape index (κ1) is 5.35. The first-order valence-electron chi connectivity index (χ1n) is 2.82. The number of hydrogen-bond acceptors (Lipinski definition) is 2. The fourth-order valence-corrected chi connectivity index (χ4v) is 0.851. The number of rotatable bonds is 0. The van der Waals surface area contributed by atoms with Gasteiger partial charge < -0.3 is 11.1 Å². The second-order valence-corrected chi connectivity index (χ2v) is 2.10. The number of hydrogen-bond donors (Lipinski definition) is 2. The molecule has 0 radical (unpaired) electrons. The van der Waals surface area contributed by atoms with Crippen LogP contribution in [0.3, 0.4) is 0 Å². The Balaban J connectivity index is 2.64. The number of allylic oxidation sites excluding steroid dienone is 2. The molecule has 0 saturated carbocycles. The van der Waals surface area contributed by atoms with Crippen LogP contribution in [0, 0.1) is 5.41 Å². The van der Waals surface area contributed by atoms with Crippen LogP contribution in [-0.2, 0) is 0 Å². The topological polar surface area (TPSA) is 49.9 Å². The van der Waals surface area contributed by atoms with Gasteiger partial charge >= 0.3 is 0 Å². The Morgan fingerprint density at radius 1 is 1.50 bits per heavy atom. The lowest BCUT2D eigenvalue weighted by Crippen LogP contribution is -2.07. The number of nitrogens with one attached hydrogen (secondary N) is 1. The van der Waals surface area contributed by atoms with Crippen LogP contribution in [0.2, 0.25) is 0 Å². The van der Waals surface area contributed by atoms with Gasteiger partial charge in [0.05, 0.1) is 0 Å². The summed E-state index contributed by atoms with van der Waals surface area (Å²) >= 11 is 0. The zero-order chi connectivity index (χ0) is 5.98. The highest BCUT2D eigenvalue weighted by Gasteiger charge is 2.01. The van der Waals surface area contributed by atoms with Crippen LogP contribution < -0.4 is 5.73 Å². The molecule has 0 saturated heterocycles. The lowest BCUT2D eigenvalue weighted by molar-refractivity contribution is 0.823. The van der Waals surface area contributed by atoms with Gasteiger partial charge in [0.15, 0.2) is 0 Å². The standard InChI is InChI=1S/C6H10N2/c7-5-2-1-3-6(8)4-5/h4,7H,1-3,8H2. The largest absolute Gasteiger partial charge is 0.402 e.